The summed E-state index contributed by atoms with van der Waals surface area (Å²) in [5.74, 6) is -2.51. The van der Waals surface area contributed by atoms with Crippen LogP contribution in [0, 0.1) is 0 Å². The van der Waals surface area contributed by atoms with Crippen LogP contribution in [0.5, 0.6) is 0 Å². The van der Waals surface area contributed by atoms with Gasteiger partial charge in [0.1, 0.15) is 0 Å². The van der Waals surface area contributed by atoms with Crippen molar-refractivity contribution in [1.82, 2.24) is 0 Å². The molecule has 0 radical (unpaired) electrons. The fraction of sp³-hybridized carbons (Fsp3) is 0.538. The lowest BCUT2D eigenvalue weighted by molar-refractivity contribution is -0.0220. The van der Waals surface area contributed by atoms with E-state index in [4.69, 9.17) is 5.73 Å². The number of benzene rings is 1. The first-order valence-corrected chi connectivity index (χ1v) is 6.03. The average Bonchev–Trinajstić information content (AvgIpc) is 2.30. The van der Waals surface area contributed by atoms with Crippen molar-refractivity contribution in [1.29, 1.82) is 0 Å². The molecule has 1 fully saturated rings. The Balaban J connectivity index is 2.17. The fourth-order valence-electron chi connectivity index (χ4n) is 2.16. The molecule has 0 amide bonds. The molecule has 0 spiro atoms. The zero-order valence-electron chi connectivity index (χ0n) is 10.0. The van der Waals surface area contributed by atoms with Gasteiger partial charge in [0, 0.05) is 25.9 Å². The maximum Gasteiger partial charge on any atom is 0.251 e. The normalized spacial score (nSPS) is 19.4. The molecule has 2 rings (SSSR count). The van der Waals surface area contributed by atoms with Crippen molar-refractivity contribution in [3.63, 3.8) is 0 Å². The highest BCUT2D eigenvalue weighted by Gasteiger charge is 2.34. The van der Waals surface area contributed by atoms with Crippen molar-refractivity contribution in [3.8, 4) is 0 Å². The summed E-state index contributed by atoms with van der Waals surface area (Å²) in [7, 11) is 0. The second kappa shape index (κ2) is 4.51. The SMILES string of the molecule is CCc1ccc(N)c(N2CCC(F)(F)CC2)c1. The zero-order valence-corrected chi connectivity index (χ0v) is 10.0. The van der Waals surface area contributed by atoms with Gasteiger partial charge in [-0.2, -0.15) is 0 Å². The van der Waals surface area contributed by atoms with Crippen molar-refractivity contribution >= 4 is 11.4 Å². The Bertz CT molecular complexity index is 394. The van der Waals surface area contributed by atoms with Crippen LogP contribution < -0.4 is 10.6 Å². The van der Waals surface area contributed by atoms with Gasteiger partial charge in [0.05, 0.1) is 11.4 Å². The molecule has 1 aliphatic heterocycles. The summed E-state index contributed by atoms with van der Waals surface area (Å²) >= 11 is 0. The van der Waals surface area contributed by atoms with Crippen LogP contribution in [0.4, 0.5) is 20.2 Å². The topological polar surface area (TPSA) is 29.3 Å². The van der Waals surface area contributed by atoms with E-state index < -0.39 is 5.92 Å². The lowest BCUT2D eigenvalue weighted by Gasteiger charge is -2.34. The smallest absolute Gasteiger partial charge is 0.251 e. The quantitative estimate of drug-likeness (QED) is 0.805. The Morgan fingerprint density at radius 3 is 2.53 bits per heavy atom. The third-order valence-electron chi connectivity index (χ3n) is 3.34. The van der Waals surface area contributed by atoms with E-state index in [1.54, 1.807) is 0 Å². The molecule has 0 saturated carbocycles. The number of hydrogen-bond donors (Lipinski definition) is 1. The first kappa shape index (κ1) is 12.1. The molecule has 1 aromatic carbocycles. The highest BCUT2D eigenvalue weighted by atomic mass is 19.3. The molecule has 17 heavy (non-hydrogen) atoms. The van der Waals surface area contributed by atoms with Gasteiger partial charge in [-0.05, 0) is 24.1 Å². The monoisotopic (exact) mass is 240 g/mol. The minimum atomic E-state index is -2.51. The predicted octanol–water partition coefficient (Wildman–Crippen LogP) is 3.07. The van der Waals surface area contributed by atoms with Gasteiger partial charge in [-0.3, -0.25) is 0 Å². The molecule has 0 aliphatic carbocycles. The summed E-state index contributed by atoms with van der Waals surface area (Å²) in [6, 6.07) is 5.86. The number of alkyl halides is 2. The minimum absolute atomic E-state index is 0.0806. The summed E-state index contributed by atoms with van der Waals surface area (Å²) in [4.78, 5) is 1.96. The predicted molar refractivity (Wildman–Crippen MR) is 66.6 cm³/mol. The second-order valence-electron chi connectivity index (χ2n) is 4.59. The van der Waals surface area contributed by atoms with Crippen molar-refractivity contribution in [2.75, 3.05) is 23.7 Å². The van der Waals surface area contributed by atoms with Gasteiger partial charge in [-0.15, -0.1) is 0 Å². The molecule has 1 heterocycles. The van der Waals surface area contributed by atoms with Gasteiger partial charge < -0.3 is 10.6 Å². The molecule has 0 aromatic heterocycles. The van der Waals surface area contributed by atoms with Gasteiger partial charge >= 0.3 is 0 Å². The Kier molecular flexibility index (Phi) is 3.22. The van der Waals surface area contributed by atoms with Crippen LogP contribution in [0.15, 0.2) is 18.2 Å². The number of nitrogens with two attached hydrogens (primary N) is 1. The maximum atomic E-state index is 13.1. The molecule has 1 aromatic rings. The van der Waals surface area contributed by atoms with Crippen LogP contribution in [0.2, 0.25) is 0 Å². The van der Waals surface area contributed by atoms with Crippen LogP contribution in [0.1, 0.15) is 25.3 Å². The molecule has 1 saturated heterocycles. The third-order valence-corrected chi connectivity index (χ3v) is 3.34. The Labute approximate surface area is 100 Å². The van der Waals surface area contributed by atoms with Crippen LogP contribution in [-0.2, 0) is 6.42 Å². The van der Waals surface area contributed by atoms with Crippen LogP contribution in [-0.4, -0.2) is 19.0 Å². The first-order valence-electron chi connectivity index (χ1n) is 6.03. The van der Waals surface area contributed by atoms with E-state index in [-0.39, 0.29) is 12.8 Å². The number of piperidine rings is 1. The van der Waals surface area contributed by atoms with E-state index >= 15 is 0 Å². The molecule has 0 unspecified atom stereocenters. The Morgan fingerprint density at radius 1 is 1.29 bits per heavy atom. The lowest BCUT2D eigenvalue weighted by Crippen LogP contribution is -2.39. The van der Waals surface area contributed by atoms with Crippen LogP contribution in [0.25, 0.3) is 0 Å². The van der Waals surface area contributed by atoms with E-state index in [1.165, 1.54) is 5.56 Å². The molecule has 2 N–H and O–H groups in total. The van der Waals surface area contributed by atoms with Gasteiger partial charge in [0.15, 0.2) is 0 Å². The van der Waals surface area contributed by atoms with Crippen molar-refractivity contribution in [2.45, 2.75) is 32.1 Å². The number of rotatable bonds is 2. The van der Waals surface area contributed by atoms with Crippen molar-refractivity contribution in [2.24, 2.45) is 0 Å². The molecular weight excluding hydrogens is 222 g/mol. The largest absolute Gasteiger partial charge is 0.397 e. The number of halogens is 2. The summed E-state index contributed by atoms with van der Waals surface area (Å²) in [6.07, 6.45) is 0.767. The van der Waals surface area contributed by atoms with Gasteiger partial charge in [-0.1, -0.05) is 13.0 Å². The first-order chi connectivity index (χ1) is 8.02. The maximum absolute atomic E-state index is 13.1. The summed E-state index contributed by atoms with van der Waals surface area (Å²) in [6.45, 7) is 2.83. The van der Waals surface area contributed by atoms with E-state index in [2.05, 4.69) is 6.92 Å². The molecule has 2 nitrogen and oxygen atoms in total. The summed E-state index contributed by atoms with van der Waals surface area (Å²) < 4.78 is 26.2. The van der Waals surface area contributed by atoms with Crippen LogP contribution >= 0.6 is 0 Å². The number of hydrogen-bond acceptors (Lipinski definition) is 2. The lowest BCUT2D eigenvalue weighted by atomic mass is 10.0. The average molecular weight is 240 g/mol. The third kappa shape index (κ3) is 2.68. The molecule has 0 atom stereocenters. The number of nitrogens with zero attached hydrogens (tertiary/aromatic N) is 1. The number of anilines is 2. The molecule has 0 bridgehead atoms. The molecule has 94 valence electrons. The van der Waals surface area contributed by atoms with Crippen molar-refractivity contribution < 1.29 is 8.78 Å². The van der Waals surface area contributed by atoms with Crippen LogP contribution in [0.3, 0.4) is 0 Å². The summed E-state index contributed by atoms with van der Waals surface area (Å²) in [5.41, 5.74) is 8.68. The fourth-order valence-corrected chi connectivity index (χ4v) is 2.16. The molecule has 4 heteroatoms. The van der Waals surface area contributed by atoms with E-state index in [1.807, 2.05) is 23.1 Å². The van der Waals surface area contributed by atoms with Gasteiger partial charge in [-0.25, -0.2) is 8.78 Å². The standard InChI is InChI=1S/C13H18F2N2/c1-2-10-3-4-11(16)12(9-10)17-7-5-13(14,15)6-8-17/h3-4,9H,2,5-8,16H2,1H3. The van der Waals surface area contributed by atoms with E-state index in [9.17, 15) is 8.78 Å². The highest BCUT2D eigenvalue weighted by Crippen LogP contribution is 2.33. The van der Waals surface area contributed by atoms with E-state index in [0.717, 1.165) is 12.1 Å². The zero-order chi connectivity index (χ0) is 12.5. The molecule has 1 aliphatic rings. The molecular formula is C13H18F2N2. The minimum Gasteiger partial charge on any atom is -0.397 e. The van der Waals surface area contributed by atoms with Gasteiger partial charge in [0.2, 0.25) is 0 Å². The summed E-state index contributed by atoms with van der Waals surface area (Å²) in [5, 5.41) is 0. The highest BCUT2D eigenvalue weighted by molar-refractivity contribution is 5.68. The second-order valence-corrected chi connectivity index (χ2v) is 4.59. The Hall–Kier alpha value is -1.32. The number of aryl methyl sites for hydroxylation is 1. The van der Waals surface area contributed by atoms with Gasteiger partial charge in [0.25, 0.3) is 5.92 Å². The number of nitrogen functional groups attached to an aromatic ring is 1. The Morgan fingerprint density at radius 2 is 1.94 bits per heavy atom. The van der Waals surface area contributed by atoms with Crippen molar-refractivity contribution in [3.05, 3.63) is 23.8 Å². The van der Waals surface area contributed by atoms with E-state index in [0.29, 0.717) is 18.8 Å².